The van der Waals surface area contributed by atoms with E-state index in [1.54, 1.807) is 7.11 Å². The Morgan fingerprint density at radius 3 is 3.00 bits per heavy atom. The summed E-state index contributed by atoms with van der Waals surface area (Å²) in [5.41, 5.74) is 4.74. The molecule has 18 heavy (non-hydrogen) atoms. The van der Waals surface area contributed by atoms with Crippen molar-refractivity contribution in [3.05, 3.63) is 28.8 Å². The Balaban J connectivity index is 2.10. The fourth-order valence-electron chi connectivity index (χ4n) is 1.61. The molecule has 1 heterocycles. The number of hydrogen-bond acceptors (Lipinski definition) is 4. The fourth-order valence-corrected chi connectivity index (χ4v) is 1.87. The molecule has 0 saturated heterocycles. The van der Waals surface area contributed by atoms with Crippen molar-refractivity contribution in [3.8, 4) is 5.75 Å². The molecule has 0 aliphatic carbocycles. The Labute approximate surface area is 111 Å². The number of hydrogen-bond donors (Lipinski definition) is 3. The molecule has 0 unspecified atom stereocenters. The number of benzene rings is 1. The van der Waals surface area contributed by atoms with Gasteiger partial charge in [0.1, 0.15) is 5.75 Å². The van der Waals surface area contributed by atoms with E-state index in [-0.39, 0.29) is 0 Å². The fraction of sp³-hybridized carbons (Fsp3) is 0.333. The summed E-state index contributed by atoms with van der Waals surface area (Å²) in [6.07, 6.45) is 0. The van der Waals surface area contributed by atoms with E-state index in [4.69, 9.17) is 16.3 Å². The summed E-state index contributed by atoms with van der Waals surface area (Å²) in [5.74, 6) is 1.49. The predicted octanol–water partition coefficient (Wildman–Crippen LogP) is -0.298. The van der Waals surface area contributed by atoms with Crippen molar-refractivity contribution >= 4 is 23.3 Å². The van der Waals surface area contributed by atoms with Gasteiger partial charge in [-0.1, -0.05) is 11.6 Å². The molecule has 0 spiro atoms. The zero-order valence-electron chi connectivity index (χ0n) is 10.4. The van der Waals surface area contributed by atoms with Crippen molar-refractivity contribution in [1.82, 2.24) is 10.7 Å². The molecule has 6 heteroatoms. The molecule has 1 aliphatic rings. The van der Waals surface area contributed by atoms with Crippen LogP contribution in [0, 0.1) is 0 Å². The molecule has 96 valence electrons. The molecular weight excluding hydrogens is 252 g/mol. The van der Waals surface area contributed by atoms with Gasteiger partial charge in [0.15, 0.2) is 0 Å². The predicted molar refractivity (Wildman–Crippen MR) is 72.2 cm³/mol. The first-order chi connectivity index (χ1) is 8.70. The van der Waals surface area contributed by atoms with Crippen molar-refractivity contribution in [2.24, 2.45) is 5.10 Å². The summed E-state index contributed by atoms with van der Waals surface area (Å²) in [6, 6.07) is 5.59. The van der Waals surface area contributed by atoms with Gasteiger partial charge in [-0.25, -0.2) is 0 Å². The maximum absolute atomic E-state index is 6.07. The van der Waals surface area contributed by atoms with E-state index < -0.39 is 0 Å². The van der Waals surface area contributed by atoms with Gasteiger partial charge >= 0.3 is 5.96 Å². The Morgan fingerprint density at radius 2 is 2.39 bits per heavy atom. The molecule has 1 aromatic carbocycles. The minimum Gasteiger partial charge on any atom is -0.495 e. The standard InChI is InChI=1S/C12H15ClN4O/c1-8(16-17-12-14-5-6-15-12)9-3-4-11(18-2)10(13)7-9/h3-4,7H,5-6H2,1-2H3,(H2,14,15,17)/p+1/b16-8-. The smallest absolute Gasteiger partial charge is 0.367 e. The summed E-state index contributed by atoms with van der Waals surface area (Å²) in [4.78, 5) is 3.13. The molecule has 5 nitrogen and oxygen atoms in total. The van der Waals surface area contributed by atoms with E-state index in [9.17, 15) is 0 Å². The van der Waals surface area contributed by atoms with Crippen molar-refractivity contribution in [2.45, 2.75) is 6.92 Å². The van der Waals surface area contributed by atoms with Crippen molar-refractivity contribution in [3.63, 3.8) is 0 Å². The minimum atomic E-state index is 0.578. The van der Waals surface area contributed by atoms with Crippen LogP contribution in [-0.2, 0) is 0 Å². The molecule has 0 saturated carbocycles. The highest BCUT2D eigenvalue weighted by molar-refractivity contribution is 6.32. The van der Waals surface area contributed by atoms with Crippen LogP contribution < -0.4 is 20.5 Å². The topological polar surface area (TPSA) is 59.6 Å². The van der Waals surface area contributed by atoms with Gasteiger partial charge in [0.2, 0.25) is 0 Å². The van der Waals surface area contributed by atoms with Crippen LogP contribution in [0.2, 0.25) is 5.02 Å². The SMILES string of the molecule is COc1ccc(/C(C)=N\NC2=[NH+]CCN2)cc1Cl. The van der Waals surface area contributed by atoms with Crippen LogP contribution >= 0.6 is 11.6 Å². The van der Waals surface area contributed by atoms with Crippen molar-refractivity contribution in [2.75, 3.05) is 20.2 Å². The highest BCUT2D eigenvalue weighted by Gasteiger charge is 2.11. The average Bonchev–Trinajstić information content (AvgIpc) is 2.89. The van der Waals surface area contributed by atoms with Crippen molar-refractivity contribution < 1.29 is 9.73 Å². The largest absolute Gasteiger partial charge is 0.495 e. The van der Waals surface area contributed by atoms with E-state index >= 15 is 0 Å². The lowest BCUT2D eigenvalue weighted by Crippen LogP contribution is -2.73. The summed E-state index contributed by atoms with van der Waals surface area (Å²) < 4.78 is 5.11. The normalized spacial score (nSPS) is 15.1. The van der Waals surface area contributed by atoms with Crippen LogP contribution in [0.25, 0.3) is 0 Å². The zero-order valence-corrected chi connectivity index (χ0v) is 11.1. The molecule has 0 aromatic heterocycles. The second kappa shape index (κ2) is 5.73. The lowest BCUT2D eigenvalue weighted by molar-refractivity contribution is -0.446. The highest BCUT2D eigenvalue weighted by atomic mass is 35.5. The van der Waals surface area contributed by atoms with Gasteiger partial charge < -0.3 is 4.74 Å². The third kappa shape index (κ3) is 2.92. The number of ether oxygens (including phenoxy) is 1. The molecule has 0 bridgehead atoms. The Bertz CT molecular complexity index is 499. The van der Waals surface area contributed by atoms with E-state index in [0.717, 1.165) is 30.3 Å². The molecule has 1 aromatic rings. The van der Waals surface area contributed by atoms with Gasteiger partial charge in [-0.15, -0.1) is 5.10 Å². The van der Waals surface area contributed by atoms with Gasteiger partial charge in [0.25, 0.3) is 0 Å². The molecule has 3 N–H and O–H groups in total. The van der Waals surface area contributed by atoms with Crippen LogP contribution in [0.3, 0.4) is 0 Å². The average molecular weight is 268 g/mol. The summed E-state index contributed by atoms with van der Waals surface area (Å²) in [7, 11) is 1.59. The van der Waals surface area contributed by atoms with E-state index in [1.165, 1.54) is 0 Å². The number of hydrazone groups is 1. The van der Waals surface area contributed by atoms with E-state index in [2.05, 4.69) is 20.8 Å². The molecule has 0 fully saturated rings. The van der Waals surface area contributed by atoms with Gasteiger partial charge in [-0.05, 0) is 25.1 Å². The first-order valence-electron chi connectivity index (χ1n) is 5.69. The van der Waals surface area contributed by atoms with Gasteiger partial charge in [0, 0.05) is 5.56 Å². The number of nitrogens with one attached hydrogen (secondary N) is 3. The number of halogens is 1. The molecule has 0 amide bonds. The highest BCUT2D eigenvalue weighted by Crippen LogP contribution is 2.25. The van der Waals surface area contributed by atoms with Crippen LogP contribution in [-0.4, -0.2) is 31.9 Å². The first kappa shape index (κ1) is 12.7. The van der Waals surface area contributed by atoms with Crippen molar-refractivity contribution in [1.29, 1.82) is 0 Å². The second-order valence-electron chi connectivity index (χ2n) is 3.89. The van der Waals surface area contributed by atoms with Crippen LogP contribution in [0.5, 0.6) is 5.75 Å². The third-order valence-corrected chi connectivity index (χ3v) is 2.93. The van der Waals surface area contributed by atoms with E-state index in [0.29, 0.717) is 10.8 Å². The van der Waals surface area contributed by atoms with Crippen LogP contribution in [0.4, 0.5) is 0 Å². The van der Waals surface area contributed by atoms with E-state index in [1.807, 2.05) is 25.1 Å². The van der Waals surface area contributed by atoms with Gasteiger partial charge in [0.05, 0.1) is 30.9 Å². The molecular formula is C12H16ClN4O+. The summed E-state index contributed by atoms with van der Waals surface area (Å²) >= 11 is 6.07. The summed E-state index contributed by atoms with van der Waals surface area (Å²) in [5, 5.41) is 7.99. The number of nitrogens with zero attached hydrogens (tertiary/aromatic N) is 1. The lowest BCUT2D eigenvalue weighted by atomic mass is 10.1. The molecule has 0 atom stereocenters. The summed E-state index contributed by atoms with van der Waals surface area (Å²) in [6.45, 7) is 3.73. The van der Waals surface area contributed by atoms with Crippen LogP contribution in [0.1, 0.15) is 12.5 Å². The number of methoxy groups -OCH3 is 1. The van der Waals surface area contributed by atoms with Crippen LogP contribution in [0.15, 0.2) is 23.3 Å². The Kier molecular flexibility index (Phi) is 4.04. The molecule has 1 aliphatic heterocycles. The minimum absolute atomic E-state index is 0.578. The number of rotatable bonds is 3. The van der Waals surface area contributed by atoms with Gasteiger partial charge in [-0.3, -0.25) is 10.3 Å². The Hall–Kier alpha value is -1.75. The van der Waals surface area contributed by atoms with Gasteiger partial charge in [-0.2, -0.15) is 5.43 Å². The first-order valence-corrected chi connectivity index (χ1v) is 6.07. The Morgan fingerprint density at radius 1 is 1.56 bits per heavy atom. The zero-order chi connectivity index (χ0) is 13.0. The third-order valence-electron chi connectivity index (χ3n) is 2.63. The molecule has 2 rings (SSSR count). The second-order valence-corrected chi connectivity index (χ2v) is 4.29. The molecule has 0 radical (unpaired) electrons. The maximum atomic E-state index is 6.07. The number of guanidine groups is 1. The quantitative estimate of drug-likeness (QED) is 0.521. The lowest BCUT2D eigenvalue weighted by Gasteiger charge is -2.05. The maximum Gasteiger partial charge on any atom is 0.367 e. The monoisotopic (exact) mass is 267 g/mol.